The molecular formula is C16H16N4O2S. The van der Waals surface area contributed by atoms with Crippen molar-refractivity contribution in [2.45, 2.75) is 19.4 Å². The molecule has 0 saturated carbocycles. The number of hydrogen-bond donors (Lipinski definition) is 1. The molecule has 0 aromatic carbocycles. The van der Waals surface area contributed by atoms with Crippen LogP contribution in [0.3, 0.4) is 0 Å². The Bertz CT molecular complexity index is 744. The average Bonchev–Trinajstić information content (AvgIpc) is 3.23. The highest BCUT2D eigenvalue weighted by atomic mass is 32.1. The third-order valence-corrected chi connectivity index (χ3v) is 5.39. The van der Waals surface area contributed by atoms with Gasteiger partial charge in [-0.05, 0) is 24.4 Å². The van der Waals surface area contributed by atoms with Crippen LogP contribution in [0, 0.1) is 5.41 Å². The van der Waals surface area contributed by atoms with Crippen molar-refractivity contribution in [3.8, 4) is 10.7 Å². The van der Waals surface area contributed by atoms with Gasteiger partial charge in [0, 0.05) is 37.5 Å². The van der Waals surface area contributed by atoms with Gasteiger partial charge in [-0.25, -0.2) is 9.97 Å². The fourth-order valence-corrected chi connectivity index (χ4v) is 4.01. The van der Waals surface area contributed by atoms with E-state index in [1.165, 1.54) is 0 Å². The van der Waals surface area contributed by atoms with Crippen LogP contribution in [0.25, 0.3) is 10.7 Å². The minimum Gasteiger partial charge on any atom is -0.298 e. The number of rotatable bonds is 3. The number of likely N-dealkylation sites (tertiary alicyclic amines) is 1. The molecule has 2 amide bonds. The van der Waals surface area contributed by atoms with E-state index in [4.69, 9.17) is 0 Å². The Morgan fingerprint density at radius 3 is 2.78 bits per heavy atom. The standard InChI is InChI=1S/C16H16N4O2S/c21-13-6-16(15(22)19-13)3-4-20(10-16)9-11-7-17-14(18-8-11)12-2-1-5-23-12/h1-2,5,7-8H,3-4,6,9-10H2,(H,19,21,22)/t16-/m0/s1. The monoisotopic (exact) mass is 328 g/mol. The first kappa shape index (κ1) is 14.5. The van der Waals surface area contributed by atoms with Crippen LogP contribution in [-0.4, -0.2) is 39.8 Å². The van der Waals surface area contributed by atoms with Gasteiger partial charge in [-0.3, -0.25) is 19.8 Å². The second-order valence-corrected chi connectivity index (χ2v) is 7.13. The van der Waals surface area contributed by atoms with Crippen LogP contribution in [0.1, 0.15) is 18.4 Å². The predicted octanol–water partition coefficient (Wildman–Crippen LogP) is 1.44. The summed E-state index contributed by atoms with van der Waals surface area (Å²) in [6.07, 6.45) is 4.73. The van der Waals surface area contributed by atoms with Gasteiger partial charge in [-0.1, -0.05) is 6.07 Å². The SMILES string of the molecule is O=C1C[C@]2(CCN(Cc3cnc(-c4cccs4)nc3)C2)C(=O)N1. The minimum atomic E-state index is -0.519. The number of imide groups is 1. The molecule has 1 N–H and O–H groups in total. The lowest BCUT2D eigenvalue weighted by Gasteiger charge is -2.20. The van der Waals surface area contributed by atoms with Crippen LogP contribution in [0.4, 0.5) is 0 Å². The molecule has 1 atom stereocenters. The largest absolute Gasteiger partial charge is 0.298 e. The Kier molecular flexibility index (Phi) is 3.46. The molecule has 4 heterocycles. The van der Waals surface area contributed by atoms with Crippen LogP contribution in [0.2, 0.25) is 0 Å². The summed E-state index contributed by atoms with van der Waals surface area (Å²) in [6, 6.07) is 3.98. The summed E-state index contributed by atoms with van der Waals surface area (Å²) in [5.74, 6) is 0.470. The first-order valence-electron chi connectivity index (χ1n) is 7.56. The number of nitrogens with zero attached hydrogens (tertiary/aromatic N) is 3. The summed E-state index contributed by atoms with van der Waals surface area (Å²) in [4.78, 5) is 35.5. The van der Waals surface area contributed by atoms with E-state index in [0.29, 0.717) is 19.5 Å². The Morgan fingerprint density at radius 2 is 2.13 bits per heavy atom. The quantitative estimate of drug-likeness (QED) is 0.863. The molecular weight excluding hydrogens is 312 g/mol. The molecule has 2 saturated heterocycles. The van der Waals surface area contributed by atoms with Crippen molar-refractivity contribution < 1.29 is 9.59 Å². The van der Waals surface area contributed by atoms with Gasteiger partial charge in [0.15, 0.2) is 5.82 Å². The molecule has 118 valence electrons. The fraction of sp³-hybridized carbons (Fsp3) is 0.375. The molecule has 2 aromatic heterocycles. The van der Waals surface area contributed by atoms with Crippen molar-refractivity contribution >= 4 is 23.2 Å². The van der Waals surface area contributed by atoms with E-state index in [2.05, 4.69) is 20.2 Å². The van der Waals surface area contributed by atoms with Gasteiger partial charge in [0.2, 0.25) is 11.8 Å². The molecule has 23 heavy (non-hydrogen) atoms. The van der Waals surface area contributed by atoms with Crippen molar-refractivity contribution in [3.05, 3.63) is 35.5 Å². The highest BCUT2D eigenvalue weighted by Gasteiger charge is 2.50. The van der Waals surface area contributed by atoms with Crippen molar-refractivity contribution in [2.24, 2.45) is 5.41 Å². The van der Waals surface area contributed by atoms with Crippen LogP contribution in [0.15, 0.2) is 29.9 Å². The van der Waals surface area contributed by atoms with Crippen molar-refractivity contribution in [3.63, 3.8) is 0 Å². The zero-order valence-electron chi connectivity index (χ0n) is 12.5. The van der Waals surface area contributed by atoms with Crippen molar-refractivity contribution in [2.75, 3.05) is 13.1 Å². The molecule has 2 aromatic rings. The van der Waals surface area contributed by atoms with Gasteiger partial charge >= 0.3 is 0 Å². The summed E-state index contributed by atoms with van der Waals surface area (Å²) in [5.41, 5.74) is 0.501. The second kappa shape index (κ2) is 5.50. The molecule has 2 aliphatic heterocycles. The molecule has 2 aliphatic rings. The number of nitrogens with one attached hydrogen (secondary N) is 1. The van der Waals surface area contributed by atoms with Gasteiger partial charge < -0.3 is 0 Å². The Morgan fingerprint density at radius 1 is 1.30 bits per heavy atom. The third kappa shape index (κ3) is 2.66. The Labute approximate surface area is 137 Å². The average molecular weight is 328 g/mol. The lowest BCUT2D eigenvalue weighted by atomic mass is 9.85. The number of amides is 2. The smallest absolute Gasteiger partial charge is 0.234 e. The summed E-state index contributed by atoms with van der Waals surface area (Å²) >= 11 is 1.62. The summed E-state index contributed by atoms with van der Waals surface area (Å²) in [6.45, 7) is 2.14. The van der Waals surface area contributed by atoms with Crippen molar-refractivity contribution in [1.29, 1.82) is 0 Å². The maximum absolute atomic E-state index is 12.0. The van der Waals surface area contributed by atoms with Gasteiger partial charge in [-0.15, -0.1) is 11.3 Å². The fourth-order valence-electron chi connectivity index (χ4n) is 3.34. The van der Waals surface area contributed by atoms with Gasteiger partial charge in [0.25, 0.3) is 0 Å². The molecule has 0 radical (unpaired) electrons. The van der Waals surface area contributed by atoms with E-state index in [0.717, 1.165) is 29.2 Å². The van der Waals surface area contributed by atoms with E-state index in [9.17, 15) is 9.59 Å². The Balaban J connectivity index is 1.43. The number of thiophene rings is 1. The van der Waals surface area contributed by atoms with Gasteiger partial charge in [-0.2, -0.15) is 0 Å². The van der Waals surface area contributed by atoms with Crippen LogP contribution < -0.4 is 5.32 Å². The number of carbonyl (C=O) groups excluding carboxylic acids is 2. The van der Waals surface area contributed by atoms with E-state index in [1.54, 1.807) is 11.3 Å². The van der Waals surface area contributed by atoms with E-state index >= 15 is 0 Å². The lowest BCUT2D eigenvalue weighted by molar-refractivity contribution is -0.128. The zero-order chi connectivity index (χ0) is 15.9. The zero-order valence-corrected chi connectivity index (χ0v) is 13.3. The number of carbonyl (C=O) groups is 2. The minimum absolute atomic E-state index is 0.116. The van der Waals surface area contributed by atoms with E-state index in [-0.39, 0.29) is 11.8 Å². The molecule has 7 heteroatoms. The van der Waals surface area contributed by atoms with Gasteiger partial charge in [0.05, 0.1) is 10.3 Å². The van der Waals surface area contributed by atoms with Crippen molar-refractivity contribution in [1.82, 2.24) is 20.2 Å². The highest BCUT2D eigenvalue weighted by molar-refractivity contribution is 7.13. The van der Waals surface area contributed by atoms with Gasteiger partial charge in [0.1, 0.15) is 0 Å². The second-order valence-electron chi connectivity index (χ2n) is 6.19. The predicted molar refractivity (Wildman–Crippen MR) is 85.4 cm³/mol. The molecule has 6 nitrogen and oxygen atoms in total. The van der Waals surface area contributed by atoms with Crippen LogP contribution >= 0.6 is 11.3 Å². The number of hydrogen-bond acceptors (Lipinski definition) is 6. The summed E-state index contributed by atoms with van der Waals surface area (Å²) < 4.78 is 0. The van der Waals surface area contributed by atoms with Crippen LogP contribution in [0.5, 0.6) is 0 Å². The normalized spacial score (nSPS) is 24.5. The summed E-state index contributed by atoms with van der Waals surface area (Å²) in [5, 5.41) is 4.43. The molecule has 0 unspecified atom stereocenters. The molecule has 2 fully saturated rings. The molecule has 0 aliphatic carbocycles. The molecule has 1 spiro atoms. The van der Waals surface area contributed by atoms with E-state index in [1.807, 2.05) is 29.9 Å². The highest BCUT2D eigenvalue weighted by Crippen LogP contribution is 2.38. The van der Waals surface area contributed by atoms with Crippen LogP contribution in [-0.2, 0) is 16.1 Å². The third-order valence-electron chi connectivity index (χ3n) is 4.52. The topological polar surface area (TPSA) is 75.2 Å². The lowest BCUT2D eigenvalue weighted by Crippen LogP contribution is -2.34. The van der Waals surface area contributed by atoms with E-state index < -0.39 is 5.41 Å². The Hall–Kier alpha value is -2.12. The summed E-state index contributed by atoms with van der Waals surface area (Å²) in [7, 11) is 0. The first-order chi connectivity index (χ1) is 11.1. The molecule has 4 rings (SSSR count). The maximum atomic E-state index is 12.0. The number of aromatic nitrogens is 2. The maximum Gasteiger partial charge on any atom is 0.234 e. The first-order valence-corrected chi connectivity index (χ1v) is 8.44. The molecule has 0 bridgehead atoms.